The van der Waals surface area contributed by atoms with Gasteiger partial charge in [0.1, 0.15) is 10.7 Å². The van der Waals surface area contributed by atoms with Crippen molar-refractivity contribution in [3.8, 4) is 5.75 Å². The lowest BCUT2D eigenvalue weighted by atomic mass is 10.1. The Kier molecular flexibility index (Phi) is 5.24. The number of alkyl halides is 3. The van der Waals surface area contributed by atoms with Crippen molar-refractivity contribution in [2.75, 3.05) is 0 Å². The zero-order chi connectivity index (χ0) is 19.0. The Labute approximate surface area is 148 Å². The van der Waals surface area contributed by atoms with Crippen LogP contribution in [0.25, 0.3) is 0 Å². The van der Waals surface area contributed by atoms with Gasteiger partial charge in [-0.15, -0.1) is 0 Å². The van der Waals surface area contributed by atoms with Crippen LogP contribution in [0.4, 0.5) is 17.6 Å². The van der Waals surface area contributed by atoms with Gasteiger partial charge in [0.05, 0.1) is 11.1 Å². The molecule has 0 spiro atoms. The number of carbonyl (C=O) groups is 1. The van der Waals surface area contributed by atoms with Crippen molar-refractivity contribution in [3.63, 3.8) is 0 Å². The van der Waals surface area contributed by atoms with Crippen molar-refractivity contribution < 1.29 is 35.0 Å². The fourth-order valence-corrected chi connectivity index (χ4v) is 3.23. The summed E-state index contributed by atoms with van der Waals surface area (Å²) in [6.07, 6.45) is -5.07. The molecule has 0 aromatic heterocycles. The topological polar surface area (TPSA) is 60.4 Å². The predicted molar refractivity (Wildman–Crippen MR) is 83.4 cm³/mol. The van der Waals surface area contributed by atoms with Crippen LogP contribution in [0.5, 0.6) is 5.75 Å². The van der Waals surface area contributed by atoms with E-state index in [1.54, 1.807) is 0 Å². The number of hydrogen-bond acceptors (Lipinski definition) is 4. The third-order valence-electron chi connectivity index (χ3n) is 3.05. The fraction of sp³-hybridized carbons (Fsp3) is 0.133. The Morgan fingerprint density at radius 1 is 1.12 bits per heavy atom. The Balaban J connectivity index is 2.50. The van der Waals surface area contributed by atoms with Crippen molar-refractivity contribution in [3.05, 3.63) is 57.8 Å². The van der Waals surface area contributed by atoms with E-state index >= 15 is 0 Å². The summed E-state index contributed by atoms with van der Waals surface area (Å²) in [4.78, 5) is 10.7. The molecule has 0 amide bonds. The molecule has 4 nitrogen and oxygen atoms in total. The first-order chi connectivity index (χ1) is 11.4. The molecule has 0 aliphatic heterocycles. The fourth-order valence-electron chi connectivity index (χ4n) is 1.89. The van der Waals surface area contributed by atoms with Crippen LogP contribution in [0.2, 0.25) is 0 Å². The van der Waals surface area contributed by atoms with E-state index in [0.29, 0.717) is 16.6 Å². The molecule has 0 aliphatic rings. The first-order valence-electron chi connectivity index (χ1n) is 6.53. The van der Waals surface area contributed by atoms with Gasteiger partial charge in [-0.25, -0.2) is 4.39 Å². The molecule has 2 aromatic carbocycles. The quantitative estimate of drug-likeness (QED) is 0.396. The lowest BCUT2D eigenvalue weighted by molar-refractivity contribution is -0.140. The van der Waals surface area contributed by atoms with Gasteiger partial charge in [-0.1, -0.05) is 15.9 Å². The van der Waals surface area contributed by atoms with Gasteiger partial charge in [0, 0.05) is 4.47 Å². The standard InChI is InChI=1S/C15H9BrF4O4S/c1-8(21)11-6-9(16)2-5-14(11)24-25(22,23)10-3-4-13(17)12(7-10)15(18,19)20/h2-7H,1H3. The Morgan fingerprint density at radius 3 is 2.32 bits per heavy atom. The molecule has 0 radical (unpaired) electrons. The number of carbonyl (C=O) groups excluding carboxylic acids is 1. The Morgan fingerprint density at radius 2 is 1.76 bits per heavy atom. The molecular formula is C15H9BrF4O4S. The molecular weight excluding hydrogens is 432 g/mol. The highest BCUT2D eigenvalue weighted by Gasteiger charge is 2.35. The summed E-state index contributed by atoms with van der Waals surface area (Å²) in [7, 11) is -4.72. The maximum Gasteiger partial charge on any atom is 0.419 e. The summed E-state index contributed by atoms with van der Waals surface area (Å²) < 4.78 is 81.2. The molecule has 0 N–H and O–H groups in total. The molecule has 0 saturated carbocycles. The molecule has 0 fully saturated rings. The molecule has 134 valence electrons. The number of Topliss-reactive ketones (excluding diaryl/α,β-unsaturated/α-hetero) is 1. The highest BCUT2D eigenvalue weighted by molar-refractivity contribution is 9.10. The number of rotatable bonds is 4. The average Bonchev–Trinajstić information content (AvgIpc) is 2.47. The zero-order valence-electron chi connectivity index (χ0n) is 12.4. The molecule has 0 heterocycles. The second-order valence-corrected chi connectivity index (χ2v) is 7.34. The molecule has 2 rings (SSSR count). The minimum atomic E-state index is -5.07. The van der Waals surface area contributed by atoms with Gasteiger partial charge in [0.25, 0.3) is 0 Å². The predicted octanol–water partition coefficient (Wildman–Crippen LogP) is 4.58. The largest absolute Gasteiger partial charge is 0.419 e. The summed E-state index contributed by atoms with van der Waals surface area (Å²) in [6, 6.07) is 5.03. The van der Waals surface area contributed by atoms with Crippen molar-refractivity contribution in [1.82, 2.24) is 0 Å². The van der Waals surface area contributed by atoms with Gasteiger partial charge in [-0.3, -0.25) is 4.79 Å². The van der Waals surface area contributed by atoms with Crippen molar-refractivity contribution in [2.45, 2.75) is 18.0 Å². The summed E-state index contributed by atoms with van der Waals surface area (Å²) in [5.41, 5.74) is -1.82. The highest BCUT2D eigenvalue weighted by atomic mass is 79.9. The van der Waals surface area contributed by atoms with Gasteiger partial charge < -0.3 is 4.18 Å². The maximum absolute atomic E-state index is 13.3. The smallest absolute Gasteiger partial charge is 0.378 e. The first kappa shape index (κ1) is 19.4. The maximum atomic E-state index is 13.3. The molecule has 2 aromatic rings. The highest BCUT2D eigenvalue weighted by Crippen LogP contribution is 2.34. The molecule has 0 unspecified atom stereocenters. The summed E-state index contributed by atoms with van der Waals surface area (Å²) >= 11 is 3.10. The van der Waals surface area contributed by atoms with Crippen molar-refractivity contribution in [2.24, 2.45) is 0 Å². The van der Waals surface area contributed by atoms with Crippen LogP contribution in [0, 0.1) is 5.82 Å². The third kappa shape index (κ3) is 4.37. The van der Waals surface area contributed by atoms with Crippen LogP contribution in [-0.2, 0) is 16.3 Å². The summed E-state index contributed by atoms with van der Waals surface area (Å²) in [5, 5.41) is 0. The van der Waals surface area contributed by atoms with Crippen molar-refractivity contribution in [1.29, 1.82) is 0 Å². The number of benzene rings is 2. The lowest BCUT2D eigenvalue weighted by Gasteiger charge is -2.13. The van der Waals surface area contributed by atoms with E-state index in [-0.39, 0.29) is 17.4 Å². The van der Waals surface area contributed by atoms with Crippen LogP contribution in [0.3, 0.4) is 0 Å². The number of hydrogen-bond donors (Lipinski definition) is 0. The Hall–Kier alpha value is -1.94. The summed E-state index contributed by atoms with van der Waals surface area (Å²) in [5.74, 6) is -2.48. The van der Waals surface area contributed by atoms with E-state index in [1.807, 2.05) is 0 Å². The van der Waals surface area contributed by atoms with Crippen LogP contribution in [-0.4, -0.2) is 14.2 Å². The first-order valence-corrected chi connectivity index (χ1v) is 8.73. The molecule has 0 saturated heterocycles. The Bertz CT molecular complexity index is 939. The van der Waals surface area contributed by atoms with Gasteiger partial charge >= 0.3 is 16.3 Å². The van der Waals surface area contributed by atoms with Gasteiger partial charge in [-0.05, 0) is 43.3 Å². The zero-order valence-corrected chi connectivity index (χ0v) is 14.8. The number of ketones is 1. The van der Waals surface area contributed by atoms with E-state index in [0.717, 1.165) is 0 Å². The van der Waals surface area contributed by atoms with Crippen LogP contribution < -0.4 is 4.18 Å². The number of halogens is 5. The van der Waals surface area contributed by atoms with Gasteiger partial charge in [-0.2, -0.15) is 21.6 Å². The average molecular weight is 441 g/mol. The van der Waals surface area contributed by atoms with E-state index in [1.165, 1.54) is 25.1 Å². The second kappa shape index (κ2) is 6.75. The minimum absolute atomic E-state index is 0.0869. The lowest BCUT2D eigenvalue weighted by Crippen LogP contribution is -2.15. The second-order valence-electron chi connectivity index (χ2n) is 4.87. The summed E-state index contributed by atoms with van der Waals surface area (Å²) in [6.45, 7) is 1.17. The van der Waals surface area contributed by atoms with E-state index in [9.17, 15) is 30.8 Å². The third-order valence-corrected chi connectivity index (χ3v) is 4.78. The van der Waals surface area contributed by atoms with Crippen LogP contribution in [0.15, 0.2) is 45.8 Å². The van der Waals surface area contributed by atoms with Crippen LogP contribution >= 0.6 is 15.9 Å². The van der Waals surface area contributed by atoms with E-state index in [4.69, 9.17) is 4.18 Å². The van der Waals surface area contributed by atoms with Crippen LogP contribution in [0.1, 0.15) is 22.8 Å². The molecule has 0 aliphatic carbocycles. The molecule has 10 heteroatoms. The van der Waals surface area contributed by atoms with Gasteiger partial charge in [0.2, 0.25) is 0 Å². The molecule has 0 atom stereocenters. The minimum Gasteiger partial charge on any atom is -0.378 e. The SMILES string of the molecule is CC(=O)c1cc(Br)ccc1OS(=O)(=O)c1ccc(F)c(C(F)(F)F)c1. The monoisotopic (exact) mass is 440 g/mol. The van der Waals surface area contributed by atoms with Gasteiger partial charge in [0.15, 0.2) is 11.5 Å². The molecule has 0 bridgehead atoms. The normalized spacial score (nSPS) is 12.1. The van der Waals surface area contributed by atoms with E-state index < -0.39 is 38.4 Å². The van der Waals surface area contributed by atoms with E-state index in [2.05, 4.69) is 15.9 Å². The van der Waals surface area contributed by atoms with Crippen molar-refractivity contribution >= 4 is 31.8 Å². The molecule has 25 heavy (non-hydrogen) atoms.